The van der Waals surface area contributed by atoms with E-state index in [1.54, 1.807) is 49.9 Å². The lowest BCUT2D eigenvalue weighted by molar-refractivity contribution is -0.176. The second-order valence-corrected chi connectivity index (χ2v) is 11.6. The number of alkyl halides is 3. The highest BCUT2D eigenvalue weighted by Crippen LogP contribution is 2.28. The van der Waals surface area contributed by atoms with E-state index in [2.05, 4.69) is 5.32 Å². The van der Waals surface area contributed by atoms with Crippen LogP contribution in [0.2, 0.25) is 0 Å². The molecular weight excluding hydrogens is 557 g/mol. The molecule has 43 heavy (non-hydrogen) atoms. The molecule has 9 heteroatoms. The summed E-state index contributed by atoms with van der Waals surface area (Å²) in [6.45, 7) is 7.00. The van der Waals surface area contributed by atoms with Crippen molar-refractivity contribution >= 4 is 11.9 Å². The minimum Gasteiger partial charge on any atom is -0.460 e. The first-order valence-electron chi connectivity index (χ1n) is 14.4. The third-order valence-corrected chi connectivity index (χ3v) is 6.81. The van der Waals surface area contributed by atoms with Crippen molar-refractivity contribution in [3.63, 3.8) is 0 Å². The summed E-state index contributed by atoms with van der Waals surface area (Å²) in [4.78, 5) is 27.4. The maximum atomic E-state index is 14.8. The highest BCUT2D eigenvalue weighted by molar-refractivity contribution is 5.77. The van der Waals surface area contributed by atoms with Crippen LogP contribution in [0.25, 0.3) is 0 Å². The predicted octanol–water partition coefficient (Wildman–Crippen LogP) is 6.83. The molecule has 0 aliphatic heterocycles. The van der Waals surface area contributed by atoms with Crippen molar-refractivity contribution < 1.29 is 32.2 Å². The van der Waals surface area contributed by atoms with E-state index >= 15 is 0 Å². The number of nitrogens with zero attached hydrogens (tertiary/aromatic N) is 1. The Morgan fingerprint density at radius 3 is 1.70 bits per heavy atom. The molecule has 3 rings (SSSR count). The van der Waals surface area contributed by atoms with Gasteiger partial charge in [0.15, 0.2) is 0 Å². The zero-order valence-corrected chi connectivity index (χ0v) is 25.1. The van der Waals surface area contributed by atoms with Gasteiger partial charge in [0, 0.05) is 25.6 Å². The largest absolute Gasteiger partial charge is 0.460 e. The molecule has 232 valence electrons. The predicted molar refractivity (Wildman–Crippen MR) is 160 cm³/mol. The van der Waals surface area contributed by atoms with E-state index in [1.165, 1.54) is 6.92 Å². The van der Waals surface area contributed by atoms with Gasteiger partial charge in [-0.05, 0) is 50.8 Å². The van der Waals surface area contributed by atoms with Crippen molar-refractivity contribution in [2.45, 2.75) is 90.1 Å². The zero-order valence-electron chi connectivity index (χ0n) is 25.1. The van der Waals surface area contributed by atoms with Crippen molar-refractivity contribution in [1.82, 2.24) is 10.2 Å². The van der Waals surface area contributed by atoms with Crippen LogP contribution >= 0.6 is 0 Å². The van der Waals surface area contributed by atoms with Gasteiger partial charge in [-0.3, -0.25) is 19.8 Å². The zero-order chi connectivity index (χ0) is 31.5. The van der Waals surface area contributed by atoms with E-state index in [0.29, 0.717) is 5.56 Å². The molecule has 0 aliphatic carbocycles. The lowest BCUT2D eigenvalue weighted by atomic mass is 10.0. The molecule has 0 heterocycles. The summed E-state index contributed by atoms with van der Waals surface area (Å²) in [5, 5.41) is 2.55. The smallest absolute Gasteiger partial charge is 0.405 e. The third-order valence-electron chi connectivity index (χ3n) is 6.81. The van der Waals surface area contributed by atoms with Gasteiger partial charge in [-0.15, -0.1) is 0 Å². The van der Waals surface area contributed by atoms with Crippen LogP contribution in [0.4, 0.5) is 13.2 Å². The first kappa shape index (κ1) is 33.8. The number of esters is 2. The van der Waals surface area contributed by atoms with Crippen LogP contribution < -0.4 is 5.32 Å². The molecule has 0 fully saturated rings. The van der Waals surface area contributed by atoms with Crippen molar-refractivity contribution in [3.05, 3.63) is 108 Å². The van der Waals surface area contributed by atoms with Gasteiger partial charge in [-0.1, -0.05) is 91.0 Å². The van der Waals surface area contributed by atoms with Gasteiger partial charge in [0.25, 0.3) is 0 Å². The molecule has 2 unspecified atom stereocenters. The molecule has 3 aromatic carbocycles. The van der Waals surface area contributed by atoms with Crippen LogP contribution in [-0.2, 0) is 38.8 Å². The first-order valence-corrected chi connectivity index (χ1v) is 14.4. The summed E-state index contributed by atoms with van der Waals surface area (Å²) < 4.78 is 55.1. The molecule has 3 aromatic rings. The fourth-order valence-corrected chi connectivity index (χ4v) is 4.67. The van der Waals surface area contributed by atoms with Crippen molar-refractivity contribution in [1.29, 1.82) is 0 Å². The molecule has 0 spiro atoms. The molecule has 0 saturated carbocycles. The van der Waals surface area contributed by atoms with Crippen LogP contribution in [0.1, 0.15) is 57.2 Å². The molecule has 0 radical (unpaired) electrons. The van der Waals surface area contributed by atoms with Gasteiger partial charge in [0.1, 0.15) is 24.3 Å². The van der Waals surface area contributed by atoms with E-state index in [4.69, 9.17) is 9.47 Å². The van der Waals surface area contributed by atoms with Crippen molar-refractivity contribution in [3.8, 4) is 0 Å². The third kappa shape index (κ3) is 11.8. The van der Waals surface area contributed by atoms with E-state index in [0.717, 1.165) is 11.1 Å². The second kappa shape index (κ2) is 15.7. The van der Waals surface area contributed by atoms with Crippen molar-refractivity contribution in [2.24, 2.45) is 0 Å². The Morgan fingerprint density at radius 2 is 1.26 bits per heavy atom. The van der Waals surface area contributed by atoms with Gasteiger partial charge in [0.2, 0.25) is 0 Å². The number of carbonyl (C=O) groups excluding carboxylic acids is 2. The fraction of sp³-hybridized carbons (Fsp3) is 0.412. The van der Waals surface area contributed by atoms with Gasteiger partial charge in [-0.2, -0.15) is 13.2 Å². The Balaban J connectivity index is 1.87. The highest BCUT2D eigenvalue weighted by atomic mass is 19.4. The number of benzene rings is 3. The van der Waals surface area contributed by atoms with E-state index in [-0.39, 0.29) is 32.5 Å². The van der Waals surface area contributed by atoms with Crippen LogP contribution in [-0.4, -0.2) is 46.7 Å². The molecule has 0 amide bonds. The summed E-state index contributed by atoms with van der Waals surface area (Å²) in [6, 6.07) is 22.8. The molecule has 1 N–H and O–H groups in total. The monoisotopic (exact) mass is 598 g/mol. The maximum absolute atomic E-state index is 14.8. The number of carbonyl (C=O) groups is 2. The number of hydrogen-bond acceptors (Lipinski definition) is 6. The Labute approximate surface area is 252 Å². The number of rotatable bonds is 14. The summed E-state index contributed by atoms with van der Waals surface area (Å²) >= 11 is 0. The number of hydrogen-bond donors (Lipinski definition) is 1. The molecule has 0 saturated heterocycles. The fourth-order valence-electron chi connectivity index (χ4n) is 4.67. The van der Waals surface area contributed by atoms with Gasteiger partial charge >= 0.3 is 18.1 Å². The molecule has 0 aliphatic rings. The Hall–Kier alpha value is -3.69. The molecule has 6 nitrogen and oxygen atoms in total. The molecular formula is C34H41F3N2O4. The Kier molecular flexibility index (Phi) is 12.3. The summed E-state index contributed by atoms with van der Waals surface area (Å²) in [5.74, 6) is -1.48. The van der Waals surface area contributed by atoms with Crippen LogP contribution in [0.5, 0.6) is 0 Å². The van der Waals surface area contributed by atoms with E-state index < -0.39 is 41.8 Å². The number of ether oxygens (including phenoxy) is 2. The minimum absolute atomic E-state index is 0.106. The quantitative estimate of drug-likeness (QED) is 0.205. The number of halogens is 3. The summed E-state index contributed by atoms with van der Waals surface area (Å²) in [7, 11) is 0. The molecule has 0 aromatic heterocycles. The summed E-state index contributed by atoms with van der Waals surface area (Å²) in [6.07, 6.45) is -5.19. The first-order chi connectivity index (χ1) is 20.3. The van der Waals surface area contributed by atoms with Crippen LogP contribution in [0.3, 0.4) is 0 Å². The molecule has 0 bridgehead atoms. The van der Waals surface area contributed by atoms with Crippen LogP contribution in [0, 0.1) is 0 Å². The maximum Gasteiger partial charge on any atom is 0.405 e. The van der Waals surface area contributed by atoms with Gasteiger partial charge < -0.3 is 9.47 Å². The normalized spacial score (nSPS) is 14.1. The average Bonchev–Trinajstić information content (AvgIpc) is 2.95. The number of nitrogens with one attached hydrogen (secondary N) is 1. The molecule has 3 atom stereocenters. The van der Waals surface area contributed by atoms with E-state index in [1.807, 2.05) is 66.7 Å². The lowest BCUT2D eigenvalue weighted by Crippen LogP contribution is -2.59. The summed E-state index contributed by atoms with van der Waals surface area (Å²) in [5.41, 5.74) is 1.64. The van der Waals surface area contributed by atoms with Crippen molar-refractivity contribution in [2.75, 3.05) is 0 Å². The average molecular weight is 599 g/mol. The second-order valence-electron chi connectivity index (χ2n) is 11.6. The minimum atomic E-state index is -4.71. The highest BCUT2D eigenvalue weighted by Gasteiger charge is 2.47. The van der Waals surface area contributed by atoms with E-state index in [9.17, 15) is 22.8 Å². The van der Waals surface area contributed by atoms with Crippen LogP contribution in [0.15, 0.2) is 91.0 Å². The Morgan fingerprint density at radius 1 is 0.791 bits per heavy atom. The Bertz CT molecular complexity index is 1220. The van der Waals surface area contributed by atoms with Gasteiger partial charge in [-0.25, -0.2) is 0 Å². The standard InChI is InChI=1S/C34H41F3N2O4/c1-25(39(22-26-14-8-5-9-15-26)23-27-16-10-6-11-17-27)31(34(35,36)37)38-29(20-21-30(40)43-33(2,3)4)32(41)42-24-28-18-12-7-13-19-28/h5-19,25,29,31,38H,20-24H2,1-4H3/t25?,29-,31?/m0/s1. The lowest BCUT2D eigenvalue weighted by Gasteiger charge is -2.38. The topological polar surface area (TPSA) is 67.9 Å². The SMILES string of the molecule is CC(C(N[C@@H](CCC(=O)OC(C)(C)C)C(=O)OCc1ccccc1)C(F)(F)F)N(Cc1ccccc1)Cc1ccccc1. The van der Waals surface area contributed by atoms with Gasteiger partial charge in [0.05, 0.1) is 0 Å².